The zero-order valence-electron chi connectivity index (χ0n) is 7.93. The molecule has 1 aliphatic heterocycles. The molecule has 64 valence electrons. The second kappa shape index (κ2) is 2.98. The van der Waals surface area contributed by atoms with Gasteiger partial charge in [-0.15, -0.1) is 6.58 Å². The second-order valence-electron chi connectivity index (χ2n) is 4.32. The van der Waals surface area contributed by atoms with Gasteiger partial charge in [0.2, 0.25) is 0 Å². The summed E-state index contributed by atoms with van der Waals surface area (Å²) >= 11 is 0. The van der Waals surface area contributed by atoms with Crippen molar-refractivity contribution in [1.29, 1.82) is 0 Å². The third-order valence-corrected chi connectivity index (χ3v) is 2.59. The first kappa shape index (κ1) is 8.79. The Bertz CT molecular complexity index is 149. The summed E-state index contributed by atoms with van der Waals surface area (Å²) < 4.78 is 0. The maximum absolute atomic E-state index is 3.77. The Kier molecular flexibility index (Phi) is 2.38. The van der Waals surface area contributed by atoms with Gasteiger partial charge in [0.25, 0.3) is 0 Å². The van der Waals surface area contributed by atoms with Crippen LogP contribution in [0.25, 0.3) is 0 Å². The number of rotatable bonds is 2. The summed E-state index contributed by atoms with van der Waals surface area (Å²) in [5.74, 6) is 0.852. The highest BCUT2D eigenvalue weighted by atomic mass is 15.2. The van der Waals surface area contributed by atoms with Crippen LogP contribution in [0.5, 0.6) is 0 Å². The van der Waals surface area contributed by atoms with Crippen LogP contribution in [-0.4, -0.2) is 23.5 Å². The van der Waals surface area contributed by atoms with E-state index >= 15 is 0 Å². The van der Waals surface area contributed by atoms with Crippen molar-refractivity contribution in [3.05, 3.63) is 12.7 Å². The largest absolute Gasteiger partial charge is 0.294 e. The van der Waals surface area contributed by atoms with Crippen molar-refractivity contribution in [1.82, 2.24) is 4.90 Å². The molecule has 0 aliphatic carbocycles. The fourth-order valence-electron chi connectivity index (χ4n) is 2.15. The third kappa shape index (κ3) is 1.84. The molecule has 0 aromatic carbocycles. The number of nitrogens with zero attached hydrogens (tertiary/aromatic N) is 1. The average Bonchev–Trinajstić information content (AvgIpc) is 2.07. The molecule has 1 atom stereocenters. The Morgan fingerprint density at radius 3 is 2.64 bits per heavy atom. The van der Waals surface area contributed by atoms with Crippen LogP contribution in [0.2, 0.25) is 0 Å². The normalized spacial score (nSPS) is 30.6. The molecule has 1 nitrogen and oxygen atoms in total. The lowest BCUT2D eigenvalue weighted by Gasteiger charge is -2.30. The van der Waals surface area contributed by atoms with Gasteiger partial charge in [0.05, 0.1) is 0 Å². The van der Waals surface area contributed by atoms with E-state index in [1.54, 1.807) is 0 Å². The molecule has 11 heavy (non-hydrogen) atoms. The van der Waals surface area contributed by atoms with Crippen molar-refractivity contribution in [2.75, 3.05) is 13.1 Å². The highest BCUT2D eigenvalue weighted by Crippen LogP contribution is 2.31. The maximum atomic E-state index is 3.77. The van der Waals surface area contributed by atoms with E-state index in [-0.39, 0.29) is 0 Å². The SMILES string of the molecule is C=CCN1CC(C)CC1(C)C. The van der Waals surface area contributed by atoms with Gasteiger partial charge in [0.1, 0.15) is 0 Å². The van der Waals surface area contributed by atoms with Gasteiger partial charge in [-0.3, -0.25) is 4.90 Å². The maximum Gasteiger partial charge on any atom is 0.0166 e. The molecule has 0 bridgehead atoms. The molecule has 0 N–H and O–H groups in total. The molecular formula is C10H19N. The quantitative estimate of drug-likeness (QED) is 0.550. The van der Waals surface area contributed by atoms with E-state index in [0.29, 0.717) is 5.54 Å². The Morgan fingerprint density at radius 1 is 1.64 bits per heavy atom. The molecule has 1 heterocycles. The van der Waals surface area contributed by atoms with Crippen molar-refractivity contribution >= 4 is 0 Å². The second-order valence-corrected chi connectivity index (χ2v) is 4.32. The van der Waals surface area contributed by atoms with Crippen LogP contribution in [0.1, 0.15) is 27.2 Å². The topological polar surface area (TPSA) is 3.24 Å². The predicted molar refractivity (Wildman–Crippen MR) is 49.6 cm³/mol. The van der Waals surface area contributed by atoms with Gasteiger partial charge in [-0.25, -0.2) is 0 Å². The van der Waals surface area contributed by atoms with Gasteiger partial charge in [0.15, 0.2) is 0 Å². The van der Waals surface area contributed by atoms with Crippen LogP contribution in [0.3, 0.4) is 0 Å². The van der Waals surface area contributed by atoms with Crippen molar-refractivity contribution in [3.8, 4) is 0 Å². The number of likely N-dealkylation sites (tertiary alicyclic amines) is 1. The first-order valence-electron chi connectivity index (χ1n) is 4.42. The number of hydrogen-bond donors (Lipinski definition) is 0. The van der Waals surface area contributed by atoms with Crippen molar-refractivity contribution in [2.24, 2.45) is 5.92 Å². The summed E-state index contributed by atoms with van der Waals surface area (Å²) in [4.78, 5) is 2.50. The minimum atomic E-state index is 0.396. The fraction of sp³-hybridized carbons (Fsp3) is 0.800. The third-order valence-electron chi connectivity index (χ3n) is 2.59. The highest BCUT2D eigenvalue weighted by Gasteiger charge is 2.34. The summed E-state index contributed by atoms with van der Waals surface area (Å²) in [6.45, 7) is 13.0. The first-order chi connectivity index (χ1) is 5.06. The molecular weight excluding hydrogens is 134 g/mol. The molecule has 0 saturated carbocycles. The Hall–Kier alpha value is -0.300. The Balaban J connectivity index is 2.58. The van der Waals surface area contributed by atoms with E-state index in [9.17, 15) is 0 Å². The van der Waals surface area contributed by atoms with Crippen LogP contribution < -0.4 is 0 Å². The summed E-state index contributed by atoms with van der Waals surface area (Å²) in [6, 6.07) is 0. The summed E-state index contributed by atoms with van der Waals surface area (Å²) in [6.07, 6.45) is 3.32. The van der Waals surface area contributed by atoms with E-state index in [4.69, 9.17) is 0 Å². The van der Waals surface area contributed by atoms with Crippen molar-refractivity contribution < 1.29 is 0 Å². The minimum absolute atomic E-state index is 0.396. The fourth-order valence-corrected chi connectivity index (χ4v) is 2.15. The summed E-state index contributed by atoms with van der Waals surface area (Å²) in [5.41, 5.74) is 0.396. The smallest absolute Gasteiger partial charge is 0.0166 e. The van der Waals surface area contributed by atoms with Crippen LogP contribution in [0.15, 0.2) is 12.7 Å². The van der Waals surface area contributed by atoms with Crippen LogP contribution >= 0.6 is 0 Å². The van der Waals surface area contributed by atoms with E-state index in [2.05, 4.69) is 32.3 Å². The molecule has 1 rings (SSSR count). The van der Waals surface area contributed by atoms with E-state index < -0.39 is 0 Å². The van der Waals surface area contributed by atoms with Crippen LogP contribution in [-0.2, 0) is 0 Å². The van der Waals surface area contributed by atoms with Crippen molar-refractivity contribution in [2.45, 2.75) is 32.7 Å². The average molecular weight is 153 g/mol. The highest BCUT2D eigenvalue weighted by molar-refractivity contribution is 4.93. The number of hydrogen-bond acceptors (Lipinski definition) is 1. The van der Waals surface area contributed by atoms with Crippen molar-refractivity contribution in [3.63, 3.8) is 0 Å². The van der Waals surface area contributed by atoms with Crippen LogP contribution in [0.4, 0.5) is 0 Å². The molecule has 0 radical (unpaired) electrons. The van der Waals surface area contributed by atoms with Gasteiger partial charge in [-0.05, 0) is 26.2 Å². The minimum Gasteiger partial charge on any atom is -0.294 e. The van der Waals surface area contributed by atoms with Gasteiger partial charge < -0.3 is 0 Å². The van der Waals surface area contributed by atoms with Crippen LogP contribution in [0, 0.1) is 5.92 Å². The lowest BCUT2D eigenvalue weighted by atomic mass is 9.98. The predicted octanol–water partition coefficient (Wildman–Crippen LogP) is 2.29. The molecule has 0 amide bonds. The zero-order valence-corrected chi connectivity index (χ0v) is 7.93. The molecule has 0 aromatic rings. The molecule has 1 saturated heterocycles. The Morgan fingerprint density at radius 2 is 2.27 bits per heavy atom. The lowest BCUT2D eigenvalue weighted by molar-refractivity contribution is 0.195. The zero-order chi connectivity index (χ0) is 8.48. The van der Waals surface area contributed by atoms with Gasteiger partial charge in [-0.2, -0.15) is 0 Å². The molecule has 0 spiro atoms. The van der Waals surface area contributed by atoms with E-state index in [1.165, 1.54) is 13.0 Å². The van der Waals surface area contributed by atoms with E-state index in [0.717, 1.165) is 12.5 Å². The summed E-state index contributed by atoms with van der Waals surface area (Å²) in [5, 5.41) is 0. The monoisotopic (exact) mass is 153 g/mol. The summed E-state index contributed by atoms with van der Waals surface area (Å²) in [7, 11) is 0. The van der Waals surface area contributed by atoms with Gasteiger partial charge >= 0.3 is 0 Å². The van der Waals surface area contributed by atoms with Gasteiger partial charge in [-0.1, -0.05) is 13.0 Å². The Labute approximate surface area is 70.1 Å². The first-order valence-corrected chi connectivity index (χ1v) is 4.42. The molecule has 1 heteroatoms. The molecule has 1 fully saturated rings. The molecule has 1 unspecified atom stereocenters. The molecule has 0 aromatic heterocycles. The van der Waals surface area contributed by atoms with E-state index in [1.807, 2.05) is 6.08 Å². The molecule has 1 aliphatic rings. The lowest BCUT2D eigenvalue weighted by Crippen LogP contribution is -2.37. The standard InChI is InChI=1S/C10H19N/c1-5-6-11-8-9(2)7-10(11,3)4/h5,9H,1,6-8H2,2-4H3. The van der Waals surface area contributed by atoms with Gasteiger partial charge in [0, 0.05) is 18.6 Å².